The molecule has 0 aliphatic carbocycles. The molecule has 6 nitrogen and oxygen atoms in total. The van der Waals surface area contributed by atoms with E-state index in [1.807, 2.05) is 19.9 Å². The zero-order valence-electron chi connectivity index (χ0n) is 11.5. The summed E-state index contributed by atoms with van der Waals surface area (Å²) < 4.78 is 5.05. The number of aromatic nitrogens is 3. The van der Waals surface area contributed by atoms with Crippen molar-refractivity contribution in [3.63, 3.8) is 0 Å². The van der Waals surface area contributed by atoms with Crippen LogP contribution in [0.3, 0.4) is 0 Å². The zero-order valence-corrected chi connectivity index (χ0v) is 11.5. The van der Waals surface area contributed by atoms with Crippen LogP contribution in [0.2, 0.25) is 0 Å². The number of anilines is 3. The quantitative estimate of drug-likeness (QED) is 0.877. The maximum Gasteiger partial charge on any atom is 0.322 e. The fourth-order valence-electron chi connectivity index (χ4n) is 1.61. The van der Waals surface area contributed by atoms with Gasteiger partial charge in [-0.3, -0.25) is 0 Å². The molecule has 19 heavy (non-hydrogen) atoms. The van der Waals surface area contributed by atoms with Crippen LogP contribution in [0.5, 0.6) is 6.01 Å². The van der Waals surface area contributed by atoms with Gasteiger partial charge in [-0.2, -0.15) is 15.0 Å². The van der Waals surface area contributed by atoms with Crippen molar-refractivity contribution < 1.29 is 4.74 Å². The molecule has 0 fully saturated rings. The number of methoxy groups -OCH3 is 1. The number of nitrogens with zero attached hydrogens (tertiary/aromatic N) is 3. The Hall–Kier alpha value is -2.37. The molecule has 100 valence electrons. The first-order valence-electron chi connectivity index (χ1n) is 5.94. The molecule has 0 radical (unpaired) electrons. The van der Waals surface area contributed by atoms with Gasteiger partial charge in [-0.1, -0.05) is 12.1 Å². The summed E-state index contributed by atoms with van der Waals surface area (Å²) in [5, 5.41) is 6.05. The van der Waals surface area contributed by atoms with E-state index in [0.717, 1.165) is 11.3 Å². The molecule has 2 rings (SSSR count). The number of rotatable bonds is 4. The van der Waals surface area contributed by atoms with Crippen molar-refractivity contribution in [3.05, 3.63) is 29.3 Å². The van der Waals surface area contributed by atoms with Crippen LogP contribution >= 0.6 is 0 Å². The summed E-state index contributed by atoms with van der Waals surface area (Å²) in [6.07, 6.45) is 0. The molecule has 0 unspecified atom stereocenters. The highest BCUT2D eigenvalue weighted by Crippen LogP contribution is 2.21. The van der Waals surface area contributed by atoms with Crippen LogP contribution in [-0.2, 0) is 0 Å². The SMILES string of the molecule is CNc1nc(Nc2cc(C)ccc2C)nc(OC)n1. The van der Waals surface area contributed by atoms with Crippen molar-refractivity contribution in [2.75, 3.05) is 24.8 Å². The Balaban J connectivity index is 2.34. The fourth-order valence-corrected chi connectivity index (χ4v) is 1.61. The molecule has 2 aromatic rings. The smallest absolute Gasteiger partial charge is 0.322 e. The minimum atomic E-state index is 0.271. The van der Waals surface area contributed by atoms with Crippen molar-refractivity contribution >= 4 is 17.6 Å². The zero-order chi connectivity index (χ0) is 13.8. The molecule has 0 spiro atoms. The number of nitrogens with one attached hydrogen (secondary N) is 2. The summed E-state index contributed by atoms with van der Waals surface area (Å²) in [6.45, 7) is 4.07. The van der Waals surface area contributed by atoms with Gasteiger partial charge in [0.2, 0.25) is 11.9 Å². The van der Waals surface area contributed by atoms with Crippen molar-refractivity contribution in [1.29, 1.82) is 0 Å². The van der Waals surface area contributed by atoms with Gasteiger partial charge in [0, 0.05) is 12.7 Å². The molecule has 0 atom stereocenters. The highest BCUT2D eigenvalue weighted by molar-refractivity contribution is 5.60. The second kappa shape index (κ2) is 5.51. The molecule has 0 saturated carbocycles. The standard InChI is InChI=1S/C13H17N5O/c1-8-5-6-9(2)10(7-8)15-12-16-11(14-3)17-13(18-12)19-4/h5-7H,1-4H3,(H2,14,15,16,17,18). The second-order valence-electron chi connectivity index (χ2n) is 4.16. The lowest BCUT2D eigenvalue weighted by molar-refractivity contribution is 0.379. The molecule has 0 aliphatic rings. The van der Waals surface area contributed by atoms with E-state index in [-0.39, 0.29) is 6.01 Å². The topological polar surface area (TPSA) is 72.0 Å². The van der Waals surface area contributed by atoms with Gasteiger partial charge in [0.05, 0.1) is 7.11 Å². The van der Waals surface area contributed by atoms with Gasteiger partial charge in [-0.15, -0.1) is 0 Å². The molecule has 0 aliphatic heterocycles. The van der Waals surface area contributed by atoms with Gasteiger partial charge in [0.1, 0.15) is 0 Å². The van der Waals surface area contributed by atoms with Gasteiger partial charge in [-0.05, 0) is 31.0 Å². The van der Waals surface area contributed by atoms with E-state index in [4.69, 9.17) is 4.74 Å². The minimum Gasteiger partial charge on any atom is -0.467 e. The molecule has 1 heterocycles. The number of hydrogen-bond donors (Lipinski definition) is 2. The minimum absolute atomic E-state index is 0.271. The summed E-state index contributed by atoms with van der Waals surface area (Å²) in [5.41, 5.74) is 3.26. The van der Waals surface area contributed by atoms with Crippen molar-refractivity contribution in [2.24, 2.45) is 0 Å². The van der Waals surface area contributed by atoms with E-state index >= 15 is 0 Å². The van der Waals surface area contributed by atoms with Crippen LogP contribution in [0, 0.1) is 13.8 Å². The van der Waals surface area contributed by atoms with E-state index in [9.17, 15) is 0 Å². The molecular formula is C13H17N5O. The van der Waals surface area contributed by atoms with Gasteiger partial charge >= 0.3 is 6.01 Å². The third kappa shape index (κ3) is 3.09. The third-order valence-electron chi connectivity index (χ3n) is 2.66. The molecular weight excluding hydrogens is 242 g/mol. The second-order valence-corrected chi connectivity index (χ2v) is 4.16. The van der Waals surface area contributed by atoms with Crippen molar-refractivity contribution in [3.8, 4) is 6.01 Å². The molecule has 6 heteroatoms. The number of hydrogen-bond acceptors (Lipinski definition) is 6. The largest absolute Gasteiger partial charge is 0.467 e. The van der Waals surface area contributed by atoms with Crippen LogP contribution in [-0.4, -0.2) is 29.1 Å². The first-order valence-corrected chi connectivity index (χ1v) is 5.94. The average Bonchev–Trinajstić information content (AvgIpc) is 2.42. The molecule has 1 aromatic heterocycles. The van der Waals surface area contributed by atoms with E-state index in [1.54, 1.807) is 7.05 Å². The van der Waals surface area contributed by atoms with Crippen LogP contribution in [0.4, 0.5) is 17.6 Å². The molecule has 1 aromatic carbocycles. The normalized spacial score (nSPS) is 10.1. The first kappa shape index (κ1) is 13.1. The Kier molecular flexibility index (Phi) is 3.79. The Morgan fingerprint density at radius 3 is 2.47 bits per heavy atom. The summed E-state index contributed by atoms with van der Waals surface area (Å²) in [7, 11) is 3.27. The summed E-state index contributed by atoms with van der Waals surface area (Å²) in [5.74, 6) is 0.907. The van der Waals surface area contributed by atoms with Crippen molar-refractivity contribution in [2.45, 2.75) is 13.8 Å². The number of aryl methyl sites for hydroxylation is 2. The van der Waals surface area contributed by atoms with Crippen LogP contribution in [0.1, 0.15) is 11.1 Å². The Labute approximate surface area is 112 Å². The Morgan fingerprint density at radius 1 is 1.05 bits per heavy atom. The number of benzene rings is 1. The van der Waals surface area contributed by atoms with E-state index in [2.05, 4.69) is 37.7 Å². The number of ether oxygens (including phenoxy) is 1. The highest BCUT2D eigenvalue weighted by Gasteiger charge is 2.07. The molecule has 0 bridgehead atoms. The van der Waals surface area contributed by atoms with Crippen LogP contribution in [0.25, 0.3) is 0 Å². The lowest BCUT2D eigenvalue weighted by Crippen LogP contribution is -2.06. The monoisotopic (exact) mass is 259 g/mol. The van der Waals surface area contributed by atoms with Gasteiger partial charge < -0.3 is 15.4 Å². The summed E-state index contributed by atoms with van der Waals surface area (Å²) in [4.78, 5) is 12.5. The summed E-state index contributed by atoms with van der Waals surface area (Å²) in [6, 6.07) is 6.43. The average molecular weight is 259 g/mol. The fraction of sp³-hybridized carbons (Fsp3) is 0.308. The molecule has 2 N–H and O–H groups in total. The predicted octanol–water partition coefficient (Wildman–Crippen LogP) is 2.28. The lowest BCUT2D eigenvalue weighted by atomic mass is 10.1. The van der Waals surface area contributed by atoms with Gasteiger partial charge in [0.15, 0.2) is 0 Å². The van der Waals surface area contributed by atoms with E-state index < -0.39 is 0 Å². The first-order chi connectivity index (χ1) is 9.12. The van der Waals surface area contributed by atoms with Crippen LogP contribution in [0.15, 0.2) is 18.2 Å². The van der Waals surface area contributed by atoms with Gasteiger partial charge in [0.25, 0.3) is 0 Å². The molecule has 0 amide bonds. The highest BCUT2D eigenvalue weighted by atomic mass is 16.5. The van der Waals surface area contributed by atoms with E-state index in [0.29, 0.717) is 11.9 Å². The lowest BCUT2D eigenvalue weighted by Gasteiger charge is -2.10. The van der Waals surface area contributed by atoms with Crippen molar-refractivity contribution in [1.82, 2.24) is 15.0 Å². The maximum absolute atomic E-state index is 5.05. The summed E-state index contributed by atoms with van der Waals surface area (Å²) >= 11 is 0. The third-order valence-corrected chi connectivity index (χ3v) is 2.66. The maximum atomic E-state index is 5.05. The van der Waals surface area contributed by atoms with E-state index in [1.165, 1.54) is 12.7 Å². The molecule has 0 saturated heterocycles. The Bertz CT molecular complexity index is 563. The Morgan fingerprint density at radius 2 is 1.79 bits per heavy atom. The van der Waals surface area contributed by atoms with Gasteiger partial charge in [-0.25, -0.2) is 0 Å². The predicted molar refractivity (Wildman–Crippen MR) is 75.1 cm³/mol. The van der Waals surface area contributed by atoms with Crippen LogP contribution < -0.4 is 15.4 Å².